The number of anilines is 1. The van der Waals surface area contributed by atoms with E-state index in [1.54, 1.807) is 43.4 Å². The van der Waals surface area contributed by atoms with Crippen LogP contribution in [-0.2, 0) is 11.3 Å². The molecule has 7 nitrogen and oxygen atoms in total. The number of hydrogen-bond donors (Lipinski definition) is 1. The van der Waals surface area contributed by atoms with E-state index in [1.165, 1.54) is 4.90 Å². The second-order valence-electron chi connectivity index (χ2n) is 6.26. The van der Waals surface area contributed by atoms with E-state index < -0.39 is 0 Å². The normalized spacial score (nSPS) is 13.6. The summed E-state index contributed by atoms with van der Waals surface area (Å²) in [6, 6.07) is 12.3. The van der Waals surface area contributed by atoms with Gasteiger partial charge in [-0.05, 0) is 23.8 Å². The van der Waals surface area contributed by atoms with Gasteiger partial charge in [0.25, 0.3) is 0 Å². The summed E-state index contributed by atoms with van der Waals surface area (Å²) in [6.45, 7) is 1.19. The van der Waals surface area contributed by atoms with E-state index in [2.05, 4.69) is 5.32 Å². The number of nitrogens with one attached hydrogen (secondary N) is 1. The third-order valence-electron chi connectivity index (χ3n) is 4.54. The molecule has 3 rings (SSSR count). The molecule has 1 heterocycles. The van der Waals surface area contributed by atoms with Crippen molar-refractivity contribution in [1.82, 2.24) is 10.2 Å². The number of nitrogens with zero attached hydrogens (tertiary/aromatic N) is 2. The smallest absolute Gasteiger partial charge is 0.325 e. The molecule has 0 aromatic heterocycles. The van der Waals surface area contributed by atoms with Crippen molar-refractivity contribution in [2.24, 2.45) is 0 Å². The lowest BCUT2D eigenvalue weighted by molar-refractivity contribution is -0.121. The minimum absolute atomic E-state index is 0.0218. The molecule has 1 aliphatic heterocycles. The van der Waals surface area contributed by atoms with Crippen molar-refractivity contribution in [1.29, 1.82) is 0 Å². The van der Waals surface area contributed by atoms with Crippen molar-refractivity contribution in [3.63, 3.8) is 0 Å². The second-order valence-corrected chi connectivity index (χ2v) is 6.67. The average molecular weight is 404 g/mol. The first-order chi connectivity index (χ1) is 13.5. The van der Waals surface area contributed by atoms with E-state index in [9.17, 15) is 9.59 Å². The lowest BCUT2D eigenvalue weighted by atomic mass is 10.2. The van der Waals surface area contributed by atoms with Crippen molar-refractivity contribution in [3.8, 4) is 11.5 Å². The zero-order chi connectivity index (χ0) is 20.1. The Kier molecular flexibility index (Phi) is 6.26. The number of hydrogen-bond acceptors (Lipinski definition) is 4. The summed E-state index contributed by atoms with van der Waals surface area (Å²) >= 11 is 6.10. The molecule has 0 bridgehead atoms. The maximum Gasteiger partial charge on any atom is 0.325 e. The van der Waals surface area contributed by atoms with Gasteiger partial charge in [-0.1, -0.05) is 29.8 Å². The van der Waals surface area contributed by atoms with E-state index >= 15 is 0 Å². The van der Waals surface area contributed by atoms with Crippen LogP contribution in [0.5, 0.6) is 11.5 Å². The number of ether oxygens (including phenoxy) is 2. The van der Waals surface area contributed by atoms with E-state index in [0.29, 0.717) is 41.8 Å². The Balaban J connectivity index is 1.63. The molecule has 0 radical (unpaired) electrons. The van der Waals surface area contributed by atoms with Crippen LogP contribution in [0.2, 0.25) is 5.02 Å². The van der Waals surface area contributed by atoms with Gasteiger partial charge in [-0.3, -0.25) is 9.69 Å². The molecule has 0 saturated carbocycles. The number of halogens is 1. The van der Waals surface area contributed by atoms with Crippen molar-refractivity contribution < 1.29 is 19.1 Å². The largest absolute Gasteiger partial charge is 0.497 e. The van der Waals surface area contributed by atoms with E-state index in [-0.39, 0.29) is 18.5 Å². The molecule has 8 heteroatoms. The predicted molar refractivity (Wildman–Crippen MR) is 107 cm³/mol. The van der Waals surface area contributed by atoms with Gasteiger partial charge >= 0.3 is 6.03 Å². The van der Waals surface area contributed by atoms with Crippen LogP contribution in [0.4, 0.5) is 10.5 Å². The van der Waals surface area contributed by atoms with Crippen molar-refractivity contribution in [2.75, 3.05) is 38.8 Å². The minimum Gasteiger partial charge on any atom is -0.497 e. The first kappa shape index (κ1) is 19.8. The fraction of sp³-hybridized carbons (Fsp3) is 0.300. The third kappa shape index (κ3) is 4.31. The van der Waals surface area contributed by atoms with Crippen LogP contribution in [0.3, 0.4) is 0 Å². The van der Waals surface area contributed by atoms with Crippen LogP contribution in [0.25, 0.3) is 0 Å². The zero-order valence-corrected chi connectivity index (χ0v) is 16.5. The molecule has 1 aliphatic rings. The summed E-state index contributed by atoms with van der Waals surface area (Å²) in [5, 5.41) is 3.40. The van der Waals surface area contributed by atoms with Gasteiger partial charge in [-0.2, -0.15) is 0 Å². The summed E-state index contributed by atoms with van der Waals surface area (Å²) in [4.78, 5) is 28.2. The molecular weight excluding hydrogens is 382 g/mol. The highest BCUT2D eigenvalue weighted by Crippen LogP contribution is 2.34. The molecule has 1 N–H and O–H groups in total. The average Bonchev–Trinajstić information content (AvgIpc) is 3.06. The van der Waals surface area contributed by atoms with Crippen LogP contribution < -0.4 is 19.7 Å². The number of carbonyl (C=O) groups excluding carboxylic acids is 2. The van der Waals surface area contributed by atoms with Gasteiger partial charge in [0.1, 0.15) is 18.0 Å². The van der Waals surface area contributed by atoms with Crippen LogP contribution in [0, 0.1) is 0 Å². The maximum absolute atomic E-state index is 12.8. The molecule has 2 aromatic carbocycles. The molecule has 1 fully saturated rings. The Bertz CT molecular complexity index is 874. The van der Waals surface area contributed by atoms with Crippen LogP contribution >= 0.6 is 11.6 Å². The molecule has 0 unspecified atom stereocenters. The van der Waals surface area contributed by atoms with Crippen molar-refractivity contribution in [2.45, 2.75) is 6.54 Å². The fourth-order valence-electron chi connectivity index (χ4n) is 3.03. The monoisotopic (exact) mass is 403 g/mol. The molecule has 2 aromatic rings. The Morgan fingerprint density at radius 2 is 1.93 bits per heavy atom. The molecule has 1 saturated heterocycles. The molecular formula is C20H22ClN3O4. The highest BCUT2D eigenvalue weighted by molar-refractivity contribution is 6.31. The van der Waals surface area contributed by atoms with Gasteiger partial charge in [-0.25, -0.2) is 4.79 Å². The summed E-state index contributed by atoms with van der Waals surface area (Å²) in [7, 11) is 3.11. The molecule has 148 valence electrons. The number of carbonyl (C=O) groups is 2. The van der Waals surface area contributed by atoms with Crippen molar-refractivity contribution in [3.05, 3.63) is 53.1 Å². The predicted octanol–water partition coefficient (Wildman–Crippen LogP) is 2.92. The number of benzene rings is 2. The van der Waals surface area contributed by atoms with Gasteiger partial charge < -0.3 is 19.7 Å². The minimum atomic E-state index is -0.251. The van der Waals surface area contributed by atoms with Gasteiger partial charge in [0.2, 0.25) is 5.91 Å². The molecule has 28 heavy (non-hydrogen) atoms. The summed E-state index contributed by atoms with van der Waals surface area (Å²) in [5.41, 5.74) is 1.44. The third-order valence-corrected chi connectivity index (χ3v) is 4.91. The lowest BCUT2D eigenvalue weighted by Crippen LogP contribution is -2.39. The Morgan fingerprint density at radius 3 is 2.64 bits per heavy atom. The van der Waals surface area contributed by atoms with Crippen LogP contribution in [-0.4, -0.2) is 50.7 Å². The zero-order valence-electron chi connectivity index (χ0n) is 15.8. The Hall–Kier alpha value is -2.93. The number of rotatable bonds is 7. The van der Waals surface area contributed by atoms with E-state index in [1.807, 2.05) is 18.2 Å². The number of amides is 3. The summed E-state index contributed by atoms with van der Waals surface area (Å²) < 4.78 is 10.6. The molecule has 0 aliphatic carbocycles. The Morgan fingerprint density at radius 1 is 1.14 bits per heavy atom. The quantitative estimate of drug-likeness (QED) is 0.771. The highest BCUT2D eigenvalue weighted by atomic mass is 35.5. The summed E-state index contributed by atoms with van der Waals surface area (Å²) in [5.74, 6) is 0.950. The lowest BCUT2D eigenvalue weighted by Gasteiger charge is -2.21. The Labute approximate surface area is 168 Å². The molecule has 3 amide bonds. The van der Waals surface area contributed by atoms with Crippen molar-refractivity contribution >= 4 is 29.2 Å². The van der Waals surface area contributed by atoms with Gasteiger partial charge in [0.15, 0.2) is 0 Å². The van der Waals surface area contributed by atoms with E-state index in [4.69, 9.17) is 21.1 Å². The van der Waals surface area contributed by atoms with Crippen LogP contribution in [0.1, 0.15) is 5.56 Å². The topological polar surface area (TPSA) is 71.1 Å². The maximum atomic E-state index is 12.8. The van der Waals surface area contributed by atoms with Gasteiger partial charge in [0, 0.05) is 30.7 Å². The second kappa shape index (κ2) is 8.84. The van der Waals surface area contributed by atoms with Gasteiger partial charge in [-0.15, -0.1) is 0 Å². The molecule has 0 spiro atoms. The standard InChI is InChI=1S/C20H22ClN3O4/c1-27-15-7-8-18(28-2)17(11-15)24-10-9-23(20(24)26)13-19(25)22-12-14-5-3-4-6-16(14)21/h3-8,11H,9-10,12-13H2,1-2H3,(H,22,25). The summed E-state index contributed by atoms with van der Waals surface area (Å²) in [6.07, 6.45) is 0. The van der Waals surface area contributed by atoms with E-state index in [0.717, 1.165) is 5.56 Å². The fourth-order valence-corrected chi connectivity index (χ4v) is 3.23. The SMILES string of the molecule is COc1ccc(OC)c(N2CCN(CC(=O)NCc3ccccc3Cl)C2=O)c1. The highest BCUT2D eigenvalue weighted by Gasteiger charge is 2.32. The number of urea groups is 1. The number of methoxy groups -OCH3 is 2. The first-order valence-electron chi connectivity index (χ1n) is 8.82. The first-order valence-corrected chi connectivity index (χ1v) is 9.20. The molecule has 0 atom stereocenters. The van der Waals surface area contributed by atoms with Crippen LogP contribution in [0.15, 0.2) is 42.5 Å². The van der Waals surface area contributed by atoms with Gasteiger partial charge in [0.05, 0.1) is 19.9 Å².